The van der Waals surface area contributed by atoms with Gasteiger partial charge in [-0.05, 0) is 49.3 Å². The van der Waals surface area contributed by atoms with Crippen molar-refractivity contribution < 1.29 is 4.39 Å². The predicted octanol–water partition coefficient (Wildman–Crippen LogP) is 4.15. The molecule has 0 atom stereocenters. The molecule has 1 saturated carbocycles. The minimum Gasteiger partial charge on any atom is -0.370 e. The summed E-state index contributed by atoms with van der Waals surface area (Å²) < 4.78 is 15.4. The summed E-state index contributed by atoms with van der Waals surface area (Å²) in [6, 6.07) is 9.76. The van der Waals surface area contributed by atoms with Crippen molar-refractivity contribution in [1.82, 2.24) is 19.7 Å². The largest absolute Gasteiger partial charge is 0.370 e. The van der Waals surface area contributed by atoms with Crippen molar-refractivity contribution in [3.05, 3.63) is 59.7 Å². The number of nitriles is 1. The summed E-state index contributed by atoms with van der Waals surface area (Å²) >= 11 is 0. The molecule has 0 spiro atoms. The quantitative estimate of drug-likeness (QED) is 0.613. The highest BCUT2D eigenvalue weighted by Gasteiger charge is 2.32. The second-order valence-electron chi connectivity index (χ2n) is 8.24. The highest BCUT2D eigenvalue weighted by Crippen LogP contribution is 2.47. The Hall–Kier alpha value is -3.27. The fourth-order valence-electron chi connectivity index (χ4n) is 4.58. The van der Waals surface area contributed by atoms with Crippen LogP contribution < -0.4 is 4.90 Å². The Morgan fingerprint density at radius 2 is 1.87 bits per heavy atom. The predicted molar refractivity (Wildman–Crippen MR) is 112 cm³/mol. The first-order valence-electron chi connectivity index (χ1n) is 10.4. The van der Waals surface area contributed by atoms with E-state index in [2.05, 4.69) is 38.3 Å². The molecule has 0 N–H and O–H groups in total. The zero-order chi connectivity index (χ0) is 20.7. The van der Waals surface area contributed by atoms with Gasteiger partial charge in [-0.25, -0.2) is 4.98 Å². The minimum absolute atomic E-state index is 0.363. The Balaban J connectivity index is 1.53. The second kappa shape index (κ2) is 7.52. The van der Waals surface area contributed by atoms with Crippen molar-refractivity contribution in [2.45, 2.75) is 37.5 Å². The molecule has 0 radical (unpaired) electrons. The molecule has 2 aliphatic rings. The van der Waals surface area contributed by atoms with E-state index in [1.807, 2.05) is 11.6 Å². The third-order valence-corrected chi connectivity index (χ3v) is 6.30. The lowest BCUT2D eigenvalue weighted by Gasteiger charge is -2.35. The van der Waals surface area contributed by atoms with Crippen molar-refractivity contribution in [3.8, 4) is 17.2 Å². The maximum absolute atomic E-state index is 13.4. The van der Waals surface area contributed by atoms with Gasteiger partial charge in [0.05, 0.1) is 11.3 Å². The molecular formula is C23H23FN6. The average Bonchev–Trinajstić information content (AvgIpc) is 3.53. The van der Waals surface area contributed by atoms with E-state index in [1.165, 1.54) is 6.07 Å². The number of rotatable bonds is 4. The third-order valence-electron chi connectivity index (χ3n) is 6.30. The Labute approximate surface area is 175 Å². The molecule has 0 unspecified atom stereocenters. The molecule has 3 heterocycles. The molecular weight excluding hydrogens is 379 g/mol. The molecule has 6 nitrogen and oxygen atoms in total. The maximum atomic E-state index is 13.4. The van der Waals surface area contributed by atoms with Crippen LogP contribution in [0.4, 0.5) is 10.1 Å². The smallest absolute Gasteiger partial charge is 0.212 e. The summed E-state index contributed by atoms with van der Waals surface area (Å²) in [5.41, 5.74) is 4.64. The highest BCUT2D eigenvalue weighted by atomic mass is 19.1. The fourth-order valence-corrected chi connectivity index (χ4v) is 4.58. The van der Waals surface area contributed by atoms with Gasteiger partial charge in [0.25, 0.3) is 0 Å². The van der Waals surface area contributed by atoms with Gasteiger partial charge in [0.1, 0.15) is 18.2 Å². The van der Waals surface area contributed by atoms with E-state index in [1.54, 1.807) is 18.6 Å². The van der Waals surface area contributed by atoms with Crippen LogP contribution in [0.25, 0.3) is 11.1 Å². The van der Waals surface area contributed by atoms with Crippen LogP contribution in [0.2, 0.25) is 0 Å². The molecule has 3 aromatic rings. The molecule has 2 aromatic heterocycles. The number of halogens is 1. The van der Waals surface area contributed by atoms with Gasteiger partial charge in [-0.1, -0.05) is 12.1 Å². The first kappa shape index (κ1) is 18.7. The van der Waals surface area contributed by atoms with Crippen LogP contribution >= 0.6 is 0 Å². The van der Waals surface area contributed by atoms with E-state index < -0.39 is 5.95 Å². The summed E-state index contributed by atoms with van der Waals surface area (Å²) in [6.07, 6.45) is 7.48. The van der Waals surface area contributed by atoms with Crippen LogP contribution in [-0.2, 0) is 7.05 Å². The Bertz CT molecular complexity index is 1100. The van der Waals surface area contributed by atoms with E-state index in [0.29, 0.717) is 11.8 Å². The molecule has 1 aliphatic heterocycles. The number of hydrogen-bond acceptors (Lipinski definition) is 5. The van der Waals surface area contributed by atoms with Crippen molar-refractivity contribution in [3.63, 3.8) is 0 Å². The van der Waals surface area contributed by atoms with Crippen LogP contribution in [-0.4, -0.2) is 32.8 Å². The van der Waals surface area contributed by atoms with Gasteiger partial charge in [-0.2, -0.15) is 9.65 Å². The Kier molecular flexibility index (Phi) is 4.70. The molecule has 1 saturated heterocycles. The SMILES string of the molecule is Cn1cnnc1C1CCN(c2c(-c3ccc(F)nc3)ccc(C3CC3)c2C#N)CC1. The Morgan fingerprint density at radius 1 is 1.07 bits per heavy atom. The lowest BCUT2D eigenvalue weighted by molar-refractivity contribution is 0.474. The van der Waals surface area contributed by atoms with E-state index in [9.17, 15) is 9.65 Å². The molecule has 0 amide bonds. The minimum atomic E-state index is -0.500. The lowest BCUT2D eigenvalue weighted by atomic mass is 9.91. The number of benzene rings is 1. The maximum Gasteiger partial charge on any atom is 0.212 e. The van der Waals surface area contributed by atoms with Gasteiger partial charge >= 0.3 is 0 Å². The number of aryl methyl sites for hydroxylation is 1. The number of anilines is 1. The number of piperidine rings is 1. The van der Waals surface area contributed by atoms with Crippen LogP contribution in [0, 0.1) is 17.3 Å². The molecule has 5 rings (SSSR count). The van der Waals surface area contributed by atoms with Crippen LogP contribution in [0.3, 0.4) is 0 Å². The number of pyridine rings is 1. The number of aromatic nitrogens is 4. The van der Waals surface area contributed by atoms with E-state index in [-0.39, 0.29) is 0 Å². The zero-order valence-electron chi connectivity index (χ0n) is 16.9. The average molecular weight is 402 g/mol. The van der Waals surface area contributed by atoms with Crippen molar-refractivity contribution >= 4 is 5.69 Å². The fraction of sp³-hybridized carbons (Fsp3) is 0.391. The monoisotopic (exact) mass is 402 g/mol. The topological polar surface area (TPSA) is 70.6 Å². The third kappa shape index (κ3) is 3.32. The van der Waals surface area contributed by atoms with Gasteiger partial charge in [0, 0.05) is 43.4 Å². The van der Waals surface area contributed by atoms with Gasteiger partial charge in [-0.15, -0.1) is 10.2 Å². The summed E-state index contributed by atoms with van der Waals surface area (Å²) in [6.45, 7) is 1.67. The molecule has 7 heteroatoms. The number of hydrogen-bond donors (Lipinski definition) is 0. The van der Waals surface area contributed by atoms with Gasteiger partial charge < -0.3 is 9.47 Å². The Morgan fingerprint density at radius 3 is 2.47 bits per heavy atom. The number of nitrogens with zero attached hydrogens (tertiary/aromatic N) is 6. The summed E-state index contributed by atoms with van der Waals surface area (Å²) in [5, 5.41) is 18.4. The molecule has 30 heavy (non-hydrogen) atoms. The molecule has 1 aromatic carbocycles. The van der Waals surface area contributed by atoms with E-state index in [0.717, 1.165) is 72.5 Å². The van der Waals surface area contributed by atoms with Gasteiger partial charge in [-0.3, -0.25) is 0 Å². The van der Waals surface area contributed by atoms with E-state index in [4.69, 9.17) is 0 Å². The first-order chi connectivity index (χ1) is 14.7. The van der Waals surface area contributed by atoms with Crippen LogP contribution in [0.1, 0.15) is 54.5 Å². The molecule has 1 aliphatic carbocycles. The van der Waals surface area contributed by atoms with E-state index >= 15 is 0 Å². The summed E-state index contributed by atoms with van der Waals surface area (Å²) in [5.74, 6) is 1.36. The summed E-state index contributed by atoms with van der Waals surface area (Å²) in [7, 11) is 1.98. The standard InChI is InChI=1S/C23H23FN6/c1-29-14-27-28-23(29)16-8-10-30(11-9-16)22-19(17-4-7-21(24)26-13-17)6-5-18(15-2-3-15)20(22)12-25/h4-7,13-16H,2-3,8-11H2,1H3. The highest BCUT2D eigenvalue weighted by molar-refractivity contribution is 5.84. The molecule has 0 bridgehead atoms. The van der Waals surface area contributed by atoms with Gasteiger partial charge in [0.15, 0.2) is 0 Å². The van der Waals surface area contributed by atoms with Crippen LogP contribution in [0.15, 0.2) is 36.8 Å². The zero-order valence-corrected chi connectivity index (χ0v) is 16.9. The van der Waals surface area contributed by atoms with Crippen molar-refractivity contribution in [2.75, 3.05) is 18.0 Å². The van der Waals surface area contributed by atoms with Crippen molar-refractivity contribution in [1.29, 1.82) is 5.26 Å². The van der Waals surface area contributed by atoms with Crippen LogP contribution in [0.5, 0.6) is 0 Å². The summed E-state index contributed by atoms with van der Waals surface area (Å²) in [4.78, 5) is 6.15. The first-order valence-corrected chi connectivity index (χ1v) is 10.4. The lowest BCUT2D eigenvalue weighted by Crippen LogP contribution is -2.34. The van der Waals surface area contributed by atoms with Crippen molar-refractivity contribution in [2.24, 2.45) is 7.05 Å². The second-order valence-corrected chi connectivity index (χ2v) is 8.24. The normalized spacial score (nSPS) is 17.2. The molecule has 152 valence electrons. The molecule has 2 fully saturated rings. The van der Waals surface area contributed by atoms with Gasteiger partial charge in [0.2, 0.25) is 5.95 Å².